The van der Waals surface area contributed by atoms with Crippen LogP contribution in [0.3, 0.4) is 0 Å². The van der Waals surface area contributed by atoms with Crippen molar-refractivity contribution in [2.75, 3.05) is 19.7 Å². The average molecular weight is 263 g/mol. The van der Waals surface area contributed by atoms with E-state index in [2.05, 4.69) is 58.1 Å². The molecule has 2 nitrogen and oxygen atoms in total. The molecular formula is C17H29NO. The van der Waals surface area contributed by atoms with Crippen LogP contribution in [0.4, 0.5) is 0 Å². The minimum atomic E-state index is 0.122. The highest BCUT2D eigenvalue weighted by Crippen LogP contribution is 2.32. The molecule has 2 heteroatoms. The molecule has 19 heavy (non-hydrogen) atoms. The summed E-state index contributed by atoms with van der Waals surface area (Å²) in [6, 6.07) is 6.58. The van der Waals surface area contributed by atoms with Gasteiger partial charge >= 0.3 is 0 Å². The largest absolute Gasteiger partial charge is 0.492 e. The molecule has 0 amide bonds. The van der Waals surface area contributed by atoms with Gasteiger partial charge in [-0.15, -0.1) is 0 Å². The first-order valence-electron chi connectivity index (χ1n) is 7.46. The number of nitrogens with one attached hydrogen (secondary N) is 1. The van der Waals surface area contributed by atoms with Crippen molar-refractivity contribution in [1.29, 1.82) is 0 Å². The van der Waals surface area contributed by atoms with Crippen molar-refractivity contribution in [2.24, 2.45) is 0 Å². The number of hydrogen-bond donors (Lipinski definition) is 1. The third-order valence-electron chi connectivity index (χ3n) is 3.22. The van der Waals surface area contributed by atoms with Crippen molar-refractivity contribution in [3.8, 4) is 5.75 Å². The number of rotatable bonds is 7. The Morgan fingerprint density at radius 1 is 1.11 bits per heavy atom. The molecule has 0 aromatic heterocycles. The van der Waals surface area contributed by atoms with Crippen molar-refractivity contribution >= 4 is 0 Å². The maximum absolute atomic E-state index is 5.95. The number of ether oxygens (including phenoxy) is 1. The highest BCUT2D eigenvalue weighted by atomic mass is 16.5. The number of aryl methyl sites for hydroxylation is 1. The van der Waals surface area contributed by atoms with Gasteiger partial charge in [0, 0.05) is 6.54 Å². The van der Waals surface area contributed by atoms with Crippen molar-refractivity contribution in [2.45, 2.75) is 52.9 Å². The topological polar surface area (TPSA) is 21.3 Å². The standard InChI is InChI=1S/C17H29NO/c1-6-10-18-11-12-19-16-9-8-14(7-2)13-15(16)17(3,4)5/h8-9,13,18H,6-7,10-12H2,1-5H3. The fraction of sp³-hybridized carbons (Fsp3) is 0.647. The quantitative estimate of drug-likeness (QED) is 0.753. The third kappa shape index (κ3) is 5.23. The maximum atomic E-state index is 5.95. The molecule has 0 heterocycles. The second-order valence-corrected chi connectivity index (χ2v) is 6.03. The molecule has 0 aliphatic carbocycles. The monoisotopic (exact) mass is 263 g/mol. The third-order valence-corrected chi connectivity index (χ3v) is 3.22. The van der Waals surface area contributed by atoms with Gasteiger partial charge in [0.05, 0.1) is 0 Å². The molecule has 0 saturated carbocycles. The number of benzene rings is 1. The van der Waals surface area contributed by atoms with Gasteiger partial charge in [0.15, 0.2) is 0 Å². The van der Waals surface area contributed by atoms with Crippen LogP contribution in [-0.4, -0.2) is 19.7 Å². The second-order valence-electron chi connectivity index (χ2n) is 6.03. The Hall–Kier alpha value is -1.02. The van der Waals surface area contributed by atoms with E-state index in [1.54, 1.807) is 0 Å². The molecular weight excluding hydrogens is 234 g/mol. The van der Waals surface area contributed by atoms with E-state index >= 15 is 0 Å². The van der Waals surface area contributed by atoms with E-state index in [0.29, 0.717) is 0 Å². The zero-order valence-corrected chi connectivity index (χ0v) is 13.2. The molecule has 1 aromatic carbocycles. The first kappa shape index (κ1) is 16.0. The molecule has 1 aromatic rings. The number of hydrogen-bond acceptors (Lipinski definition) is 2. The maximum Gasteiger partial charge on any atom is 0.123 e. The normalized spacial score (nSPS) is 11.6. The fourth-order valence-electron chi connectivity index (χ4n) is 2.04. The van der Waals surface area contributed by atoms with Crippen LogP contribution < -0.4 is 10.1 Å². The molecule has 1 N–H and O–H groups in total. The van der Waals surface area contributed by atoms with Crippen LogP contribution in [0.5, 0.6) is 5.75 Å². The highest BCUT2D eigenvalue weighted by Gasteiger charge is 2.19. The molecule has 0 aliphatic heterocycles. The van der Waals surface area contributed by atoms with Gasteiger partial charge in [-0.25, -0.2) is 0 Å². The van der Waals surface area contributed by atoms with E-state index in [1.807, 2.05) is 0 Å². The Kier molecular flexibility index (Phi) is 6.36. The lowest BCUT2D eigenvalue weighted by atomic mass is 9.85. The van der Waals surface area contributed by atoms with E-state index < -0.39 is 0 Å². The summed E-state index contributed by atoms with van der Waals surface area (Å²) >= 11 is 0. The molecule has 1 rings (SSSR count). The van der Waals surface area contributed by atoms with Crippen LogP contribution in [0.2, 0.25) is 0 Å². The Bertz CT molecular complexity index is 379. The molecule has 0 spiro atoms. The van der Waals surface area contributed by atoms with Gasteiger partial charge in [-0.2, -0.15) is 0 Å². The van der Waals surface area contributed by atoms with E-state index in [1.165, 1.54) is 17.5 Å². The lowest BCUT2D eigenvalue weighted by molar-refractivity contribution is 0.306. The molecule has 0 saturated heterocycles. The Balaban J connectivity index is 2.71. The van der Waals surface area contributed by atoms with Crippen LogP contribution in [-0.2, 0) is 11.8 Å². The fourth-order valence-corrected chi connectivity index (χ4v) is 2.04. The Labute approximate surface area is 118 Å². The predicted octanol–water partition coefficient (Wildman–Crippen LogP) is 3.92. The summed E-state index contributed by atoms with van der Waals surface area (Å²) in [4.78, 5) is 0. The lowest BCUT2D eigenvalue weighted by Crippen LogP contribution is -2.22. The van der Waals surface area contributed by atoms with Crippen LogP contribution in [0.25, 0.3) is 0 Å². The summed E-state index contributed by atoms with van der Waals surface area (Å²) < 4.78 is 5.95. The van der Waals surface area contributed by atoms with E-state index in [9.17, 15) is 0 Å². The summed E-state index contributed by atoms with van der Waals surface area (Å²) in [5.74, 6) is 1.03. The molecule has 0 radical (unpaired) electrons. The smallest absolute Gasteiger partial charge is 0.123 e. The van der Waals surface area contributed by atoms with Crippen molar-refractivity contribution in [3.63, 3.8) is 0 Å². The minimum Gasteiger partial charge on any atom is -0.492 e. The van der Waals surface area contributed by atoms with Gasteiger partial charge in [-0.3, -0.25) is 0 Å². The van der Waals surface area contributed by atoms with Gasteiger partial charge in [-0.1, -0.05) is 46.8 Å². The van der Waals surface area contributed by atoms with Gasteiger partial charge in [0.1, 0.15) is 12.4 Å². The highest BCUT2D eigenvalue weighted by molar-refractivity contribution is 5.41. The molecule has 0 atom stereocenters. The van der Waals surface area contributed by atoms with Crippen molar-refractivity contribution < 1.29 is 4.74 Å². The van der Waals surface area contributed by atoms with E-state index in [4.69, 9.17) is 4.74 Å². The average Bonchev–Trinajstić information content (AvgIpc) is 2.37. The molecule has 0 fully saturated rings. The Morgan fingerprint density at radius 2 is 1.84 bits per heavy atom. The van der Waals surface area contributed by atoms with Crippen LogP contribution in [0.1, 0.15) is 52.2 Å². The lowest BCUT2D eigenvalue weighted by Gasteiger charge is -2.23. The van der Waals surface area contributed by atoms with Crippen molar-refractivity contribution in [3.05, 3.63) is 29.3 Å². The van der Waals surface area contributed by atoms with Crippen molar-refractivity contribution in [1.82, 2.24) is 5.32 Å². The SMILES string of the molecule is CCCNCCOc1ccc(CC)cc1C(C)(C)C. The Morgan fingerprint density at radius 3 is 2.42 bits per heavy atom. The summed E-state index contributed by atoms with van der Waals surface area (Å²) in [5, 5.41) is 3.36. The minimum absolute atomic E-state index is 0.122. The van der Waals surface area contributed by atoms with E-state index in [-0.39, 0.29) is 5.41 Å². The van der Waals surface area contributed by atoms with Gasteiger partial charge in [0.2, 0.25) is 0 Å². The first-order valence-corrected chi connectivity index (χ1v) is 7.46. The van der Waals surface area contributed by atoms with E-state index in [0.717, 1.165) is 31.9 Å². The molecule has 0 unspecified atom stereocenters. The summed E-state index contributed by atoms with van der Waals surface area (Å²) in [6.07, 6.45) is 2.24. The summed E-state index contributed by atoms with van der Waals surface area (Å²) in [6.45, 7) is 13.8. The van der Waals surface area contributed by atoms with Crippen LogP contribution >= 0.6 is 0 Å². The van der Waals surface area contributed by atoms with Gasteiger partial charge in [-0.05, 0) is 42.0 Å². The molecule has 108 valence electrons. The predicted molar refractivity (Wildman–Crippen MR) is 83.2 cm³/mol. The van der Waals surface area contributed by atoms with Gasteiger partial charge in [0.25, 0.3) is 0 Å². The summed E-state index contributed by atoms with van der Waals surface area (Å²) in [5.41, 5.74) is 2.81. The molecule has 0 aliphatic rings. The zero-order valence-electron chi connectivity index (χ0n) is 13.2. The second kappa shape index (κ2) is 7.54. The zero-order chi connectivity index (χ0) is 14.3. The molecule has 0 bridgehead atoms. The van der Waals surface area contributed by atoms with Crippen LogP contribution in [0, 0.1) is 0 Å². The first-order chi connectivity index (χ1) is 8.99. The van der Waals surface area contributed by atoms with Gasteiger partial charge < -0.3 is 10.1 Å². The van der Waals surface area contributed by atoms with Crippen LogP contribution in [0.15, 0.2) is 18.2 Å². The summed E-state index contributed by atoms with van der Waals surface area (Å²) in [7, 11) is 0.